The van der Waals surface area contributed by atoms with E-state index in [-0.39, 0.29) is 0 Å². The van der Waals surface area contributed by atoms with E-state index in [1.54, 1.807) is 0 Å². The molecule has 0 atom stereocenters. The summed E-state index contributed by atoms with van der Waals surface area (Å²) >= 11 is 4.32. The molecule has 0 amide bonds. The summed E-state index contributed by atoms with van der Waals surface area (Å²) in [4.78, 5) is 0. The van der Waals surface area contributed by atoms with Gasteiger partial charge in [-0.2, -0.15) is 0 Å². The van der Waals surface area contributed by atoms with Gasteiger partial charge >= 0.3 is 0 Å². The van der Waals surface area contributed by atoms with Crippen molar-refractivity contribution in [1.82, 2.24) is 4.31 Å². The standard InChI is InChI=1S/C7H15NS/c1-2-5-8(9)6-7-3-4-7/h7,9H,2-6H2,1H3. The molecule has 1 fully saturated rings. The summed E-state index contributed by atoms with van der Waals surface area (Å²) in [5, 5.41) is 0. The van der Waals surface area contributed by atoms with E-state index in [9.17, 15) is 0 Å². The molecule has 1 nitrogen and oxygen atoms in total. The minimum absolute atomic E-state index is 0.981. The third-order valence-corrected chi connectivity index (χ3v) is 2.01. The lowest BCUT2D eigenvalue weighted by atomic mass is 10.4. The molecule has 0 saturated heterocycles. The molecule has 1 rings (SSSR count). The predicted octanol–water partition coefficient (Wildman–Crippen LogP) is 1.95. The molecule has 0 aromatic rings. The molecule has 1 aliphatic rings. The first kappa shape index (κ1) is 7.42. The average Bonchev–Trinajstić information content (AvgIpc) is 2.50. The van der Waals surface area contributed by atoms with Gasteiger partial charge in [-0.05, 0) is 25.2 Å². The molecular weight excluding hydrogens is 130 g/mol. The summed E-state index contributed by atoms with van der Waals surface area (Å²) < 4.78 is 2.14. The largest absolute Gasteiger partial charge is 0.253 e. The van der Waals surface area contributed by atoms with Crippen molar-refractivity contribution in [2.75, 3.05) is 13.1 Å². The molecule has 0 spiro atoms. The summed E-state index contributed by atoms with van der Waals surface area (Å²) in [6.45, 7) is 4.53. The van der Waals surface area contributed by atoms with Gasteiger partial charge in [-0.3, -0.25) is 4.31 Å². The van der Waals surface area contributed by atoms with Crippen LogP contribution in [0.3, 0.4) is 0 Å². The van der Waals surface area contributed by atoms with Crippen LogP contribution in [-0.2, 0) is 0 Å². The van der Waals surface area contributed by atoms with E-state index in [4.69, 9.17) is 0 Å². The van der Waals surface area contributed by atoms with E-state index in [1.807, 2.05) is 0 Å². The Morgan fingerprint density at radius 2 is 2.22 bits per heavy atom. The molecule has 0 unspecified atom stereocenters. The van der Waals surface area contributed by atoms with Crippen molar-refractivity contribution in [2.45, 2.75) is 26.2 Å². The predicted molar refractivity (Wildman–Crippen MR) is 43.6 cm³/mol. The molecule has 0 bridgehead atoms. The fraction of sp³-hybridized carbons (Fsp3) is 1.00. The van der Waals surface area contributed by atoms with Gasteiger partial charge in [0.15, 0.2) is 0 Å². The van der Waals surface area contributed by atoms with Gasteiger partial charge in [-0.25, -0.2) is 0 Å². The lowest BCUT2D eigenvalue weighted by Gasteiger charge is -2.11. The van der Waals surface area contributed by atoms with Crippen LogP contribution in [0, 0.1) is 5.92 Å². The van der Waals surface area contributed by atoms with Crippen molar-refractivity contribution < 1.29 is 0 Å². The summed E-state index contributed by atoms with van der Waals surface area (Å²) in [6.07, 6.45) is 4.08. The molecular formula is C7H15NS. The first-order valence-corrected chi connectivity index (χ1v) is 4.16. The maximum atomic E-state index is 4.32. The minimum atomic E-state index is 0.981. The number of rotatable bonds is 4. The van der Waals surface area contributed by atoms with E-state index >= 15 is 0 Å². The van der Waals surface area contributed by atoms with Crippen LogP contribution in [0.25, 0.3) is 0 Å². The Labute approximate surface area is 63.0 Å². The van der Waals surface area contributed by atoms with Gasteiger partial charge in [-0.1, -0.05) is 19.7 Å². The third kappa shape index (κ3) is 3.11. The third-order valence-electron chi connectivity index (χ3n) is 1.65. The zero-order valence-electron chi connectivity index (χ0n) is 6.01. The van der Waals surface area contributed by atoms with Gasteiger partial charge in [0.1, 0.15) is 0 Å². The van der Waals surface area contributed by atoms with Crippen LogP contribution in [-0.4, -0.2) is 17.4 Å². The second kappa shape index (κ2) is 3.47. The molecule has 0 heterocycles. The van der Waals surface area contributed by atoms with Gasteiger partial charge in [0.2, 0.25) is 0 Å². The Morgan fingerprint density at radius 1 is 1.56 bits per heavy atom. The molecule has 0 aromatic carbocycles. The van der Waals surface area contributed by atoms with E-state index in [1.165, 1.54) is 25.8 Å². The highest BCUT2D eigenvalue weighted by Crippen LogP contribution is 2.29. The van der Waals surface area contributed by atoms with Crippen molar-refractivity contribution in [1.29, 1.82) is 0 Å². The Balaban J connectivity index is 1.95. The fourth-order valence-corrected chi connectivity index (χ4v) is 1.38. The maximum Gasteiger partial charge on any atom is 0.0115 e. The lowest BCUT2D eigenvalue weighted by Crippen LogP contribution is -2.15. The van der Waals surface area contributed by atoms with Crippen molar-refractivity contribution in [3.05, 3.63) is 0 Å². The monoisotopic (exact) mass is 145 g/mol. The molecule has 54 valence electrons. The van der Waals surface area contributed by atoms with E-state index < -0.39 is 0 Å². The van der Waals surface area contributed by atoms with Gasteiger partial charge in [0.05, 0.1) is 0 Å². The summed E-state index contributed by atoms with van der Waals surface area (Å²) in [5.41, 5.74) is 0. The Hall–Kier alpha value is 0.310. The normalized spacial score (nSPS) is 19.0. The molecule has 1 aliphatic carbocycles. The SMILES string of the molecule is CCCN(S)CC1CC1. The summed E-state index contributed by atoms with van der Waals surface area (Å²) in [7, 11) is 0. The number of thiol groups is 1. The van der Waals surface area contributed by atoms with Crippen LogP contribution in [0.1, 0.15) is 26.2 Å². The zero-order valence-corrected chi connectivity index (χ0v) is 6.90. The summed E-state index contributed by atoms with van der Waals surface area (Å²) in [5.74, 6) is 0.981. The van der Waals surface area contributed by atoms with E-state index in [0.717, 1.165) is 12.5 Å². The maximum absolute atomic E-state index is 4.32. The van der Waals surface area contributed by atoms with Gasteiger partial charge < -0.3 is 0 Å². The second-order valence-corrected chi connectivity index (χ2v) is 3.42. The first-order chi connectivity index (χ1) is 4.33. The van der Waals surface area contributed by atoms with Crippen LogP contribution in [0.4, 0.5) is 0 Å². The summed E-state index contributed by atoms with van der Waals surface area (Å²) in [6, 6.07) is 0. The van der Waals surface area contributed by atoms with Crippen molar-refractivity contribution in [3.63, 3.8) is 0 Å². The topological polar surface area (TPSA) is 3.24 Å². The Kier molecular flexibility index (Phi) is 2.86. The van der Waals surface area contributed by atoms with Crippen LogP contribution >= 0.6 is 12.8 Å². The fourth-order valence-electron chi connectivity index (χ4n) is 0.948. The zero-order chi connectivity index (χ0) is 6.69. The van der Waals surface area contributed by atoms with E-state index in [2.05, 4.69) is 24.0 Å². The molecule has 0 aromatic heterocycles. The highest BCUT2D eigenvalue weighted by atomic mass is 32.1. The molecule has 2 heteroatoms. The number of hydrogen-bond donors (Lipinski definition) is 1. The minimum Gasteiger partial charge on any atom is -0.253 e. The quantitative estimate of drug-likeness (QED) is 0.592. The number of hydrogen-bond acceptors (Lipinski definition) is 2. The lowest BCUT2D eigenvalue weighted by molar-refractivity contribution is 0.452. The Bertz CT molecular complexity index is 81.0. The van der Waals surface area contributed by atoms with Crippen molar-refractivity contribution in [3.8, 4) is 0 Å². The van der Waals surface area contributed by atoms with E-state index in [0.29, 0.717) is 0 Å². The molecule has 0 N–H and O–H groups in total. The second-order valence-electron chi connectivity index (χ2n) is 2.86. The van der Waals surface area contributed by atoms with Crippen LogP contribution < -0.4 is 0 Å². The molecule has 0 radical (unpaired) electrons. The molecule has 9 heavy (non-hydrogen) atoms. The van der Waals surface area contributed by atoms with Crippen LogP contribution in [0.2, 0.25) is 0 Å². The highest BCUT2D eigenvalue weighted by Gasteiger charge is 2.22. The van der Waals surface area contributed by atoms with Crippen LogP contribution in [0.5, 0.6) is 0 Å². The van der Waals surface area contributed by atoms with Crippen molar-refractivity contribution in [2.24, 2.45) is 5.92 Å². The van der Waals surface area contributed by atoms with Crippen LogP contribution in [0.15, 0.2) is 0 Å². The first-order valence-electron chi connectivity index (χ1n) is 3.76. The highest BCUT2D eigenvalue weighted by molar-refractivity contribution is 7.77. The molecule has 1 saturated carbocycles. The van der Waals surface area contributed by atoms with Gasteiger partial charge in [-0.15, -0.1) is 0 Å². The average molecular weight is 145 g/mol. The Morgan fingerprint density at radius 3 is 2.67 bits per heavy atom. The number of nitrogens with zero attached hydrogens (tertiary/aromatic N) is 1. The van der Waals surface area contributed by atoms with Gasteiger partial charge in [0, 0.05) is 13.1 Å². The van der Waals surface area contributed by atoms with Gasteiger partial charge in [0.25, 0.3) is 0 Å². The molecule has 0 aliphatic heterocycles. The van der Waals surface area contributed by atoms with Crippen molar-refractivity contribution >= 4 is 12.8 Å². The smallest absolute Gasteiger partial charge is 0.0115 e.